The third-order valence-corrected chi connectivity index (χ3v) is 4.72. The number of aryl methyl sites for hydroxylation is 1. The minimum absolute atomic E-state index is 0.931. The second kappa shape index (κ2) is 9.05. The van der Waals surface area contributed by atoms with Crippen molar-refractivity contribution in [2.24, 2.45) is 0 Å². The lowest BCUT2D eigenvalue weighted by molar-refractivity contribution is 0.509. The number of hydrogen-bond acceptors (Lipinski definition) is 1. The highest BCUT2D eigenvalue weighted by Crippen LogP contribution is 2.33. The quantitative estimate of drug-likeness (QED) is 0.306. The van der Waals surface area contributed by atoms with Crippen molar-refractivity contribution in [1.29, 1.82) is 0 Å². The molecular formula is C20H23IO. The van der Waals surface area contributed by atoms with E-state index < -0.39 is 0 Å². The minimum atomic E-state index is 0.931. The zero-order chi connectivity index (χ0) is 15.8. The number of furan rings is 1. The third-order valence-electron chi connectivity index (χ3n) is 3.58. The van der Waals surface area contributed by atoms with E-state index in [-0.39, 0.29) is 0 Å². The van der Waals surface area contributed by atoms with Gasteiger partial charge in [-0.2, -0.15) is 0 Å². The van der Waals surface area contributed by atoms with Crippen molar-refractivity contribution in [3.63, 3.8) is 0 Å². The summed E-state index contributed by atoms with van der Waals surface area (Å²) in [6.45, 7) is 4.40. The summed E-state index contributed by atoms with van der Waals surface area (Å²) in [6.07, 6.45) is 6.62. The molecule has 0 bridgehead atoms. The molecular weight excluding hydrogens is 383 g/mol. The Bertz CT molecular complexity index is 644. The second-order valence-corrected chi connectivity index (χ2v) is 6.50. The molecule has 0 amide bonds. The molecule has 1 heterocycles. The van der Waals surface area contributed by atoms with Crippen molar-refractivity contribution < 1.29 is 4.42 Å². The summed E-state index contributed by atoms with van der Waals surface area (Å²) in [6, 6.07) is 10.3. The highest BCUT2D eigenvalue weighted by Gasteiger charge is 2.17. The van der Waals surface area contributed by atoms with Gasteiger partial charge in [0.1, 0.15) is 5.76 Å². The average Bonchev–Trinajstić information content (AvgIpc) is 2.87. The Labute approximate surface area is 147 Å². The Hall–Kier alpha value is -1.21. The first-order valence-corrected chi connectivity index (χ1v) is 9.21. The predicted molar refractivity (Wildman–Crippen MR) is 102 cm³/mol. The van der Waals surface area contributed by atoms with E-state index >= 15 is 0 Å². The van der Waals surface area contributed by atoms with Gasteiger partial charge in [-0.1, -0.05) is 68.9 Å². The lowest BCUT2D eigenvalue weighted by Gasteiger charge is -1.97. The van der Waals surface area contributed by atoms with Crippen molar-refractivity contribution in [3.05, 3.63) is 45.2 Å². The van der Waals surface area contributed by atoms with Gasteiger partial charge in [0.15, 0.2) is 5.76 Å². The van der Waals surface area contributed by atoms with Crippen molar-refractivity contribution in [3.8, 4) is 23.2 Å². The van der Waals surface area contributed by atoms with Crippen molar-refractivity contribution in [2.75, 3.05) is 0 Å². The molecule has 1 aromatic carbocycles. The van der Waals surface area contributed by atoms with Crippen LogP contribution in [0.15, 0.2) is 34.7 Å². The lowest BCUT2D eigenvalue weighted by Crippen LogP contribution is -1.85. The number of rotatable bonds is 6. The topological polar surface area (TPSA) is 13.1 Å². The second-order valence-electron chi connectivity index (χ2n) is 5.42. The van der Waals surface area contributed by atoms with Crippen LogP contribution in [0.25, 0.3) is 11.3 Å². The summed E-state index contributed by atoms with van der Waals surface area (Å²) in [7, 11) is 0. The van der Waals surface area contributed by atoms with Crippen LogP contribution >= 0.6 is 22.6 Å². The molecule has 0 N–H and O–H groups in total. The van der Waals surface area contributed by atoms with Crippen molar-refractivity contribution in [1.82, 2.24) is 0 Å². The van der Waals surface area contributed by atoms with Gasteiger partial charge in [-0.05, 0) is 35.4 Å². The molecule has 0 aliphatic carbocycles. The average molecular weight is 406 g/mol. The molecule has 0 atom stereocenters. The Morgan fingerprint density at radius 2 is 1.77 bits per heavy atom. The van der Waals surface area contributed by atoms with Crippen LogP contribution < -0.4 is 0 Å². The van der Waals surface area contributed by atoms with Gasteiger partial charge in [0, 0.05) is 18.4 Å². The zero-order valence-corrected chi connectivity index (χ0v) is 15.6. The van der Waals surface area contributed by atoms with Crippen molar-refractivity contribution >= 4 is 22.6 Å². The molecule has 1 nitrogen and oxygen atoms in total. The van der Waals surface area contributed by atoms with Crippen LogP contribution in [0, 0.1) is 15.4 Å². The highest BCUT2D eigenvalue weighted by molar-refractivity contribution is 14.1. The molecule has 0 unspecified atom stereocenters. The zero-order valence-electron chi connectivity index (χ0n) is 13.4. The van der Waals surface area contributed by atoms with E-state index in [0.29, 0.717) is 0 Å². The molecule has 0 saturated heterocycles. The smallest absolute Gasteiger partial charge is 0.151 e. The largest absolute Gasteiger partial charge is 0.459 e. The monoisotopic (exact) mass is 406 g/mol. The summed E-state index contributed by atoms with van der Waals surface area (Å²) >= 11 is 2.39. The number of unbranched alkanes of at least 4 members (excludes halogenated alkanes) is 3. The van der Waals surface area contributed by atoms with Gasteiger partial charge in [0.25, 0.3) is 0 Å². The molecule has 1 aromatic heterocycles. The molecule has 0 aliphatic heterocycles. The van der Waals surface area contributed by atoms with Crippen LogP contribution in [0.2, 0.25) is 0 Å². The molecule has 116 valence electrons. The molecule has 0 saturated carbocycles. The van der Waals surface area contributed by atoms with Gasteiger partial charge in [0.05, 0.1) is 9.13 Å². The van der Waals surface area contributed by atoms with Gasteiger partial charge in [-0.15, -0.1) is 0 Å². The van der Waals surface area contributed by atoms with E-state index in [2.05, 4.69) is 60.4 Å². The maximum atomic E-state index is 6.18. The fourth-order valence-corrected chi connectivity index (χ4v) is 3.04. The summed E-state index contributed by atoms with van der Waals surface area (Å²) < 4.78 is 7.37. The van der Waals surface area contributed by atoms with Gasteiger partial charge in [0.2, 0.25) is 0 Å². The molecule has 2 rings (SSSR count). The standard InChI is InChI=1S/C20H23IO/c1-3-5-7-11-14-17-19(21)18(15-6-4-2)22-20(17)16-12-9-8-10-13-16/h8-10,12-13H,3-7,15H2,1-2H3. The Morgan fingerprint density at radius 1 is 1.05 bits per heavy atom. The van der Waals surface area contributed by atoms with Crippen LogP contribution in [0.3, 0.4) is 0 Å². The van der Waals surface area contributed by atoms with E-state index in [1.807, 2.05) is 18.2 Å². The van der Waals surface area contributed by atoms with E-state index in [0.717, 1.165) is 48.3 Å². The van der Waals surface area contributed by atoms with Gasteiger partial charge in [-0.25, -0.2) is 0 Å². The van der Waals surface area contributed by atoms with E-state index in [4.69, 9.17) is 4.42 Å². The van der Waals surface area contributed by atoms with Crippen LogP contribution in [-0.2, 0) is 6.42 Å². The Balaban J connectivity index is 2.38. The van der Waals surface area contributed by atoms with E-state index in [1.165, 1.54) is 16.4 Å². The SMILES string of the molecule is CCCCC#Cc1c(-c2ccccc2)oc(CCCC)c1I. The Kier molecular flexibility index (Phi) is 7.05. The first kappa shape index (κ1) is 17.1. The number of hydrogen-bond donors (Lipinski definition) is 0. The maximum Gasteiger partial charge on any atom is 0.151 e. The molecule has 0 spiro atoms. The highest BCUT2D eigenvalue weighted by atomic mass is 127. The number of halogens is 1. The Morgan fingerprint density at radius 3 is 2.45 bits per heavy atom. The fraction of sp³-hybridized carbons (Fsp3) is 0.400. The summed E-state index contributed by atoms with van der Waals surface area (Å²) in [4.78, 5) is 0. The molecule has 2 aromatic rings. The van der Waals surface area contributed by atoms with Crippen LogP contribution in [-0.4, -0.2) is 0 Å². The summed E-state index contributed by atoms with van der Waals surface area (Å²) in [5.74, 6) is 8.68. The number of benzene rings is 1. The van der Waals surface area contributed by atoms with Gasteiger partial charge in [-0.3, -0.25) is 0 Å². The van der Waals surface area contributed by atoms with Crippen LogP contribution in [0.4, 0.5) is 0 Å². The summed E-state index contributed by atoms with van der Waals surface area (Å²) in [5, 5.41) is 0. The lowest BCUT2D eigenvalue weighted by atomic mass is 10.1. The third kappa shape index (κ3) is 4.39. The molecule has 0 aliphatic rings. The first-order valence-electron chi connectivity index (χ1n) is 8.13. The first-order chi connectivity index (χ1) is 10.8. The van der Waals surface area contributed by atoms with E-state index in [9.17, 15) is 0 Å². The predicted octanol–water partition coefficient (Wildman–Crippen LogP) is 6.44. The minimum Gasteiger partial charge on any atom is -0.459 e. The fourth-order valence-electron chi connectivity index (χ4n) is 2.28. The normalized spacial score (nSPS) is 10.3. The molecule has 2 heteroatoms. The van der Waals surface area contributed by atoms with E-state index in [1.54, 1.807) is 0 Å². The van der Waals surface area contributed by atoms with Crippen LogP contribution in [0.5, 0.6) is 0 Å². The maximum absolute atomic E-state index is 6.18. The van der Waals surface area contributed by atoms with Crippen LogP contribution in [0.1, 0.15) is 57.3 Å². The van der Waals surface area contributed by atoms with Crippen molar-refractivity contribution in [2.45, 2.75) is 52.4 Å². The summed E-state index contributed by atoms with van der Waals surface area (Å²) in [5.41, 5.74) is 2.18. The van der Waals surface area contributed by atoms with Gasteiger partial charge >= 0.3 is 0 Å². The van der Waals surface area contributed by atoms with Gasteiger partial charge < -0.3 is 4.42 Å². The molecule has 22 heavy (non-hydrogen) atoms. The molecule has 0 radical (unpaired) electrons. The molecule has 0 fully saturated rings.